The fourth-order valence-electron chi connectivity index (χ4n) is 2.78. The Labute approximate surface area is 174 Å². The lowest BCUT2D eigenvalue weighted by Crippen LogP contribution is -2.38. The zero-order valence-electron chi connectivity index (χ0n) is 15.4. The molecule has 0 unspecified atom stereocenters. The molecule has 0 amide bonds. The summed E-state index contributed by atoms with van der Waals surface area (Å²) >= 11 is 0. The molecule has 0 saturated heterocycles. The maximum Gasteiger partial charge on any atom is 0.226 e. The average molecular weight is 486 g/mol. The lowest BCUT2D eigenvalue weighted by Gasteiger charge is -2.11. The molecule has 0 aliphatic carbocycles. The van der Waals surface area contributed by atoms with E-state index in [1.165, 1.54) is 6.07 Å². The maximum absolute atomic E-state index is 13.4. The number of aromatic nitrogens is 3. The Morgan fingerprint density at radius 1 is 1.26 bits per heavy atom. The van der Waals surface area contributed by atoms with Gasteiger partial charge in [-0.15, -0.1) is 24.0 Å². The fourth-order valence-corrected chi connectivity index (χ4v) is 2.78. The zero-order valence-corrected chi connectivity index (χ0v) is 17.7. The lowest BCUT2D eigenvalue weighted by molar-refractivity contribution is 0.372. The third-order valence-corrected chi connectivity index (χ3v) is 4.07. The van der Waals surface area contributed by atoms with Crippen molar-refractivity contribution in [2.75, 3.05) is 20.1 Å². The van der Waals surface area contributed by atoms with Crippen molar-refractivity contribution in [3.8, 4) is 0 Å². The van der Waals surface area contributed by atoms with Gasteiger partial charge in [0.05, 0.1) is 0 Å². The van der Waals surface area contributed by atoms with Crippen LogP contribution in [0.1, 0.15) is 23.7 Å². The third-order valence-electron chi connectivity index (χ3n) is 4.07. The van der Waals surface area contributed by atoms with Gasteiger partial charge in [-0.3, -0.25) is 4.99 Å². The molecule has 146 valence electrons. The first-order valence-corrected chi connectivity index (χ1v) is 8.65. The van der Waals surface area contributed by atoms with E-state index in [0.717, 1.165) is 48.2 Å². The minimum Gasteiger partial charge on any atom is -0.361 e. The highest BCUT2D eigenvalue weighted by atomic mass is 127. The number of halogens is 2. The number of guanidine groups is 1. The molecule has 0 saturated carbocycles. The van der Waals surface area contributed by atoms with E-state index in [0.29, 0.717) is 18.3 Å². The summed E-state index contributed by atoms with van der Waals surface area (Å²) in [5.41, 5.74) is 2.02. The van der Waals surface area contributed by atoms with Crippen LogP contribution in [0.15, 0.2) is 33.9 Å². The second kappa shape index (κ2) is 10.2. The molecule has 3 N–H and O–H groups in total. The molecule has 0 spiro atoms. The number of rotatable bonds is 7. The normalized spacial score (nSPS) is 11.4. The monoisotopic (exact) mass is 486 g/mol. The molecule has 0 atom stereocenters. The predicted molar refractivity (Wildman–Crippen MR) is 114 cm³/mol. The SMILES string of the molecule is CN=C(NCCCc1nc(C)no1)NCCc1c[nH]c2ccc(F)cc12.I. The van der Waals surface area contributed by atoms with Crippen LogP contribution >= 0.6 is 24.0 Å². The number of H-pyrrole nitrogens is 1. The van der Waals surface area contributed by atoms with E-state index in [9.17, 15) is 4.39 Å². The van der Waals surface area contributed by atoms with Gasteiger partial charge >= 0.3 is 0 Å². The number of aliphatic imine (C=N–C) groups is 1. The Kier molecular flexibility index (Phi) is 8.01. The van der Waals surface area contributed by atoms with Crippen LogP contribution in [0.4, 0.5) is 4.39 Å². The van der Waals surface area contributed by atoms with E-state index >= 15 is 0 Å². The number of aromatic amines is 1. The minimum absolute atomic E-state index is 0. The number of nitrogens with one attached hydrogen (secondary N) is 3. The number of hydrogen-bond acceptors (Lipinski definition) is 4. The van der Waals surface area contributed by atoms with Gasteiger partial charge in [0.1, 0.15) is 5.82 Å². The summed E-state index contributed by atoms with van der Waals surface area (Å²) in [6, 6.07) is 4.78. The average Bonchev–Trinajstić information content (AvgIpc) is 3.23. The van der Waals surface area contributed by atoms with Crippen LogP contribution in [0.3, 0.4) is 0 Å². The van der Waals surface area contributed by atoms with Crippen LogP contribution in [-0.2, 0) is 12.8 Å². The molecule has 27 heavy (non-hydrogen) atoms. The van der Waals surface area contributed by atoms with Gasteiger partial charge in [-0.1, -0.05) is 5.16 Å². The molecule has 2 heterocycles. The van der Waals surface area contributed by atoms with Gasteiger partial charge in [0.15, 0.2) is 11.8 Å². The molecule has 1 aromatic carbocycles. The zero-order chi connectivity index (χ0) is 18.4. The van der Waals surface area contributed by atoms with Crippen molar-refractivity contribution < 1.29 is 8.91 Å². The Bertz CT molecular complexity index is 891. The topological polar surface area (TPSA) is 91.1 Å². The molecular formula is C18H24FIN6O. The molecule has 3 rings (SSSR count). The van der Waals surface area contributed by atoms with Crippen molar-refractivity contribution in [3.63, 3.8) is 0 Å². The van der Waals surface area contributed by atoms with Crippen molar-refractivity contribution in [2.24, 2.45) is 4.99 Å². The van der Waals surface area contributed by atoms with Crippen molar-refractivity contribution in [2.45, 2.75) is 26.2 Å². The molecule has 0 aliphatic heterocycles. The van der Waals surface area contributed by atoms with Gasteiger partial charge in [0.2, 0.25) is 5.89 Å². The van der Waals surface area contributed by atoms with E-state index in [4.69, 9.17) is 4.52 Å². The summed E-state index contributed by atoms with van der Waals surface area (Å²) in [5, 5.41) is 11.2. The van der Waals surface area contributed by atoms with Gasteiger partial charge < -0.3 is 20.1 Å². The Morgan fingerprint density at radius 3 is 2.81 bits per heavy atom. The summed E-state index contributed by atoms with van der Waals surface area (Å²) in [5.74, 6) is 1.82. The van der Waals surface area contributed by atoms with Crippen LogP contribution in [0, 0.1) is 12.7 Å². The van der Waals surface area contributed by atoms with E-state index in [2.05, 4.69) is 30.8 Å². The molecule has 0 radical (unpaired) electrons. The summed E-state index contributed by atoms with van der Waals surface area (Å²) in [6.07, 6.45) is 4.29. The first kappa shape index (κ1) is 21.1. The van der Waals surface area contributed by atoms with Crippen molar-refractivity contribution in [3.05, 3.63) is 47.5 Å². The number of fused-ring (bicyclic) bond motifs is 1. The summed E-state index contributed by atoms with van der Waals surface area (Å²) in [7, 11) is 1.73. The number of hydrogen-bond donors (Lipinski definition) is 3. The molecule has 2 aromatic heterocycles. The van der Waals surface area contributed by atoms with Crippen LogP contribution in [0.25, 0.3) is 10.9 Å². The predicted octanol–water partition coefficient (Wildman–Crippen LogP) is 2.96. The van der Waals surface area contributed by atoms with Crippen LogP contribution in [-0.4, -0.2) is 41.2 Å². The second-order valence-corrected chi connectivity index (χ2v) is 6.02. The highest BCUT2D eigenvalue weighted by molar-refractivity contribution is 14.0. The summed E-state index contributed by atoms with van der Waals surface area (Å²) < 4.78 is 18.5. The molecule has 0 fully saturated rings. The number of nitrogens with zero attached hydrogens (tertiary/aromatic N) is 3. The smallest absolute Gasteiger partial charge is 0.226 e. The summed E-state index contributed by atoms with van der Waals surface area (Å²) in [6.45, 7) is 3.25. The quantitative estimate of drug-likeness (QED) is 0.207. The molecule has 3 aromatic rings. The first-order chi connectivity index (χ1) is 12.7. The van der Waals surface area contributed by atoms with Crippen LogP contribution in [0.2, 0.25) is 0 Å². The lowest BCUT2D eigenvalue weighted by atomic mass is 10.1. The second-order valence-electron chi connectivity index (χ2n) is 6.02. The van der Waals surface area contributed by atoms with Gasteiger partial charge in [-0.2, -0.15) is 4.98 Å². The highest BCUT2D eigenvalue weighted by Crippen LogP contribution is 2.19. The van der Waals surface area contributed by atoms with Crippen molar-refractivity contribution in [1.82, 2.24) is 25.8 Å². The standard InChI is InChI=1S/C18H23FN6O.HI/c1-12-24-17(26-25-12)4-3-8-21-18(20-2)22-9-7-13-11-23-16-6-5-14(19)10-15(13)16;/h5-6,10-11,23H,3-4,7-9H2,1-2H3,(H2,20,21,22);1H. The Morgan fingerprint density at radius 2 is 2.07 bits per heavy atom. The van der Waals surface area contributed by atoms with Gasteiger partial charge in [-0.25, -0.2) is 4.39 Å². The van der Waals surface area contributed by atoms with Gasteiger partial charge in [0.25, 0.3) is 0 Å². The van der Waals surface area contributed by atoms with Gasteiger partial charge in [0, 0.05) is 43.7 Å². The minimum atomic E-state index is -0.222. The van der Waals surface area contributed by atoms with Crippen molar-refractivity contribution in [1.29, 1.82) is 0 Å². The van der Waals surface area contributed by atoms with Crippen LogP contribution < -0.4 is 10.6 Å². The van der Waals surface area contributed by atoms with E-state index in [1.54, 1.807) is 26.1 Å². The van der Waals surface area contributed by atoms with E-state index in [1.807, 2.05) is 6.20 Å². The van der Waals surface area contributed by atoms with Crippen LogP contribution in [0.5, 0.6) is 0 Å². The molecule has 0 bridgehead atoms. The van der Waals surface area contributed by atoms with Gasteiger partial charge in [-0.05, 0) is 43.5 Å². The highest BCUT2D eigenvalue weighted by Gasteiger charge is 2.06. The fraction of sp³-hybridized carbons (Fsp3) is 0.389. The molecule has 0 aliphatic rings. The number of benzene rings is 1. The van der Waals surface area contributed by atoms with Crippen molar-refractivity contribution >= 4 is 40.8 Å². The van der Waals surface area contributed by atoms with E-state index < -0.39 is 0 Å². The molecule has 9 heteroatoms. The maximum atomic E-state index is 13.4. The largest absolute Gasteiger partial charge is 0.361 e. The molecular weight excluding hydrogens is 462 g/mol. The summed E-state index contributed by atoms with van der Waals surface area (Å²) in [4.78, 5) is 11.5. The Hall–Kier alpha value is -2.17. The first-order valence-electron chi connectivity index (χ1n) is 8.65. The van der Waals surface area contributed by atoms with E-state index in [-0.39, 0.29) is 29.8 Å². The Balaban J connectivity index is 0.00000261. The third kappa shape index (κ3) is 5.91. The number of aryl methyl sites for hydroxylation is 2. The molecule has 7 nitrogen and oxygen atoms in total.